The van der Waals surface area contributed by atoms with Crippen LogP contribution in [0.1, 0.15) is 32.0 Å². The molecule has 114 valence electrons. The first-order chi connectivity index (χ1) is 9.99. The number of fused-ring (bicyclic) bond motifs is 1. The minimum atomic E-state index is -0.343. The van der Waals surface area contributed by atoms with E-state index in [0.29, 0.717) is 17.2 Å². The third-order valence-electron chi connectivity index (χ3n) is 4.62. The van der Waals surface area contributed by atoms with E-state index in [4.69, 9.17) is 0 Å². The van der Waals surface area contributed by atoms with Gasteiger partial charge in [-0.2, -0.15) is 0 Å². The first-order valence-corrected chi connectivity index (χ1v) is 7.48. The van der Waals surface area contributed by atoms with Gasteiger partial charge in [0.2, 0.25) is 0 Å². The second kappa shape index (κ2) is 5.14. The summed E-state index contributed by atoms with van der Waals surface area (Å²) < 4.78 is 2.53. The molecule has 3 rings (SSSR count). The van der Waals surface area contributed by atoms with Crippen LogP contribution < -0.4 is 16.1 Å². The van der Waals surface area contributed by atoms with Crippen LogP contribution in [0.5, 0.6) is 0 Å². The number of hydrogen-bond donors (Lipinski definition) is 2. The highest BCUT2D eigenvalue weighted by molar-refractivity contribution is 5.69. The fourth-order valence-corrected chi connectivity index (χ4v) is 3.19. The Labute approximate surface area is 122 Å². The molecular weight excluding hydrogens is 270 g/mol. The molecule has 1 saturated heterocycles. The van der Waals surface area contributed by atoms with Gasteiger partial charge in [0, 0.05) is 14.1 Å². The van der Waals surface area contributed by atoms with Crippen LogP contribution in [0.25, 0.3) is 11.2 Å². The molecule has 0 amide bonds. The lowest BCUT2D eigenvalue weighted by Crippen LogP contribution is -3.15. The molecule has 2 atom stereocenters. The number of hydrogen-bond acceptors (Lipinski definition) is 3. The molecule has 2 N–H and O–H groups in total. The first-order valence-electron chi connectivity index (χ1n) is 7.48. The molecule has 0 bridgehead atoms. The average molecular weight is 292 g/mol. The fourth-order valence-electron chi connectivity index (χ4n) is 3.19. The highest BCUT2D eigenvalue weighted by atomic mass is 16.2. The smallest absolute Gasteiger partial charge is 0.331 e. The van der Waals surface area contributed by atoms with Gasteiger partial charge in [-0.05, 0) is 26.2 Å². The van der Waals surface area contributed by atoms with Crippen LogP contribution in [-0.4, -0.2) is 31.7 Å². The molecule has 2 aromatic heterocycles. The van der Waals surface area contributed by atoms with Crippen LogP contribution in [0.4, 0.5) is 0 Å². The van der Waals surface area contributed by atoms with Crippen LogP contribution in [0, 0.1) is 0 Å². The zero-order valence-corrected chi connectivity index (χ0v) is 12.8. The summed E-state index contributed by atoms with van der Waals surface area (Å²) in [6.45, 7) is 4.16. The Kier molecular flexibility index (Phi) is 3.44. The zero-order chi connectivity index (χ0) is 15.1. The summed E-state index contributed by atoms with van der Waals surface area (Å²) in [6.07, 6.45) is 3.76. The Morgan fingerprint density at radius 3 is 2.76 bits per heavy atom. The van der Waals surface area contributed by atoms with Crippen LogP contribution in [0.15, 0.2) is 9.59 Å². The summed E-state index contributed by atoms with van der Waals surface area (Å²) in [4.78, 5) is 33.1. The Morgan fingerprint density at radius 1 is 1.29 bits per heavy atom. The summed E-state index contributed by atoms with van der Waals surface area (Å²) >= 11 is 0. The van der Waals surface area contributed by atoms with Crippen molar-refractivity contribution in [3.63, 3.8) is 0 Å². The van der Waals surface area contributed by atoms with Crippen LogP contribution in [-0.2, 0) is 20.6 Å². The van der Waals surface area contributed by atoms with Gasteiger partial charge in [0.1, 0.15) is 12.1 Å². The molecule has 7 nitrogen and oxygen atoms in total. The molecule has 1 aliphatic rings. The average Bonchev–Trinajstić information content (AvgIpc) is 2.89. The highest BCUT2D eigenvalue weighted by Gasteiger charge is 2.24. The van der Waals surface area contributed by atoms with Crippen molar-refractivity contribution in [1.29, 1.82) is 0 Å². The van der Waals surface area contributed by atoms with E-state index in [9.17, 15) is 9.59 Å². The highest BCUT2D eigenvalue weighted by Crippen LogP contribution is 2.06. The molecule has 3 heterocycles. The molecule has 1 fully saturated rings. The molecule has 2 aromatic rings. The lowest BCUT2D eigenvalue weighted by Gasteiger charge is -2.29. The molecule has 21 heavy (non-hydrogen) atoms. The molecule has 0 spiro atoms. The first kappa shape index (κ1) is 14.1. The number of quaternary nitrogens is 1. The standard InChI is InChI=1S/C14H21N5O2/c1-9-6-4-5-7-19(9)8-10-15-11-12(16-10)17(2)14(21)18(3)13(11)20/h9H,4-8H2,1-3H3,(H,15,16)/p+1/t9-/m0/s1. The number of nitrogens with one attached hydrogen (secondary N) is 2. The Balaban J connectivity index is 2.02. The molecule has 0 aromatic carbocycles. The summed E-state index contributed by atoms with van der Waals surface area (Å²) in [6, 6.07) is 0.610. The lowest BCUT2D eigenvalue weighted by molar-refractivity contribution is -0.942. The largest absolute Gasteiger partial charge is 0.332 e. The number of likely N-dealkylation sites (tertiary alicyclic amines) is 1. The topological polar surface area (TPSA) is 77.1 Å². The second-order valence-corrected chi connectivity index (χ2v) is 6.07. The Bertz CT molecular complexity index is 785. The number of nitrogens with zero attached hydrogens (tertiary/aromatic N) is 3. The van der Waals surface area contributed by atoms with Crippen molar-refractivity contribution < 1.29 is 4.90 Å². The minimum Gasteiger partial charge on any atom is -0.331 e. The number of aromatic nitrogens is 4. The van der Waals surface area contributed by atoms with E-state index in [1.165, 1.54) is 35.8 Å². The lowest BCUT2D eigenvalue weighted by atomic mass is 10.0. The van der Waals surface area contributed by atoms with Gasteiger partial charge in [-0.15, -0.1) is 0 Å². The van der Waals surface area contributed by atoms with Gasteiger partial charge in [0.15, 0.2) is 11.5 Å². The van der Waals surface area contributed by atoms with Gasteiger partial charge in [-0.25, -0.2) is 9.78 Å². The summed E-state index contributed by atoms with van der Waals surface area (Å²) in [7, 11) is 3.13. The third-order valence-corrected chi connectivity index (χ3v) is 4.62. The molecule has 0 aliphatic carbocycles. The number of imidazole rings is 1. The SMILES string of the molecule is C[C@H]1CCCC[NH+]1Cc1nc2c([nH]1)c(=O)n(C)c(=O)n2C. The summed E-state index contributed by atoms with van der Waals surface area (Å²) in [5, 5.41) is 0. The molecule has 0 saturated carbocycles. The Morgan fingerprint density at radius 2 is 2.05 bits per heavy atom. The number of aryl methyl sites for hydroxylation is 1. The van der Waals surface area contributed by atoms with E-state index in [2.05, 4.69) is 16.9 Å². The van der Waals surface area contributed by atoms with E-state index in [0.717, 1.165) is 23.5 Å². The second-order valence-electron chi connectivity index (χ2n) is 6.07. The minimum absolute atomic E-state index is 0.312. The Hall–Kier alpha value is -1.89. The zero-order valence-electron chi connectivity index (χ0n) is 12.8. The van der Waals surface area contributed by atoms with Gasteiger partial charge >= 0.3 is 5.69 Å². The predicted molar refractivity (Wildman–Crippen MR) is 79.4 cm³/mol. The molecular formula is C14H22N5O2+. The molecule has 7 heteroatoms. The third kappa shape index (κ3) is 2.31. The van der Waals surface area contributed by atoms with Crippen LogP contribution in [0.2, 0.25) is 0 Å². The maximum Gasteiger partial charge on any atom is 0.332 e. The van der Waals surface area contributed by atoms with E-state index >= 15 is 0 Å². The van der Waals surface area contributed by atoms with E-state index in [1.807, 2.05) is 0 Å². The van der Waals surface area contributed by atoms with E-state index < -0.39 is 0 Å². The summed E-state index contributed by atoms with van der Waals surface area (Å²) in [5.41, 5.74) is 0.207. The predicted octanol–water partition coefficient (Wildman–Crippen LogP) is -1.08. The maximum atomic E-state index is 12.1. The number of rotatable bonds is 2. The van der Waals surface area contributed by atoms with Crippen molar-refractivity contribution in [2.24, 2.45) is 14.1 Å². The quantitative estimate of drug-likeness (QED) is 0.739. The monoisotopic (exact) mass is 292 g/mol. The van der Waals surface area contributed by atoms with Crippen molar-refractivity contribution in [3.8, 4) is 0 Å². The van der Waals surface area contributed by atoms with E-state index in [1.54, 1.807) is 7.05 Å². The van der Waals surface area contributed by atoms with Gasteiger partial charge in [-0.3, -0.25) is 13.9 Å². The van der Waals surface area contributed by atoms with Gasteiger partial charge < -0.3 is 9.88 Å². The molecule has 0 radical (unpaired) electrons. The fraction of sp³-hybridized carbons (Fsp3) is 0.643. The summed E-state index contributed by atoms with van der Waals surface area (Å²) in [5.74, 6) is 0.784. The normalized spacial score (nSPS) is 22.8. The number of piperidine rings is 1. The van der Waals surface area contributed by atoms with Crippen molar-refractivity contribution in [3.05, 3.63) is 26.7 Å². The van der Waals surface area contributed by atoms with Crippen LogP contribution in [0.3, 0.4) is 0 Å². The molecule has 1 aliphatic heterocycles. The maximum absolute atomic E-state index is 12.1. The van der Waals surface area contributed by atoms with Crippen molar-refractivity contribution in [1.82, 2.24) is 19.1 Å². The number of aromatic amines is 1. The van der Waals surface area contributed by atoms with E-state index in [-0.39, 0.29) is 11.2 Å². The van der Waals surface area contributed by atoms with Gasteiger partial charge in [-0.1, -0.05) is 0 Å². The number of H-pyrrole nitrogens is 1. The van der Waals surface area contributed by atoms with Crippen molar-refractivity contribution >= 4 is 11.2 Å². The van der Waals surface area contributed by atoms with Gasteiger partial charge in [0.25, 0.3) is 5.56 Å². The molecule has 1 unspecified atom stereocenters. The van der Waals surface area contributed by atoms with Crippen molar-refractivity contribution in [2.75, 3.05) is 6.54 Å². The van der Waals surface area contributed by atoms with Crippen LogP contribution >= 0.6 is 0 Å². The van der Waals surface area contributed by atoms with Crippen molar-refractivity contribution in [2.45, 2.75) is 38.8 Å². The van der Waals surface area contributed by atoms with Gasteiger partial charge in [0.05, 0.1) is 12.6 Å².